The molecule has 6 nitrogen and oxygen atoms in total. The normalized spacial score (nSPS) is 33.2. The number of anilines is 1. The van der Waals surface area contributed by atoms with Crippen LogP contribution in [0.2, 0.25) is 0 Å². The molecular weight excluding hydrogens is 278 g/mol. The third-order valence-electron chi connectivity index (χ3n) is 5.29. The molecule has 114 valence electrons. The summed E-state index contributed by atoms with van der Waals surface area (Å²) in [5.74, 6) is 1.43. The van der Waals surface area contributed by atoms with Gasteiger partial charge in [-0.15, -0.1) is 0 Å². The number of rotatable bonds is 1. The molecule has 0 amide bonds. The maximum absolute atomic E-state index is 6.30. The fourth-order valence-corrected chi connectivity index (χ4v) is 4.12. The first-order valence-corrected chi connectivity index (χ1v) is 7.97. The monoisotopic (exact) mass is 297 g/mol. The van der Waals surface area contributed by atoms with Gasteiger partial charge in [0.25, 0.3) is 6.02 Å². The molecule has 2 aromatic rings. The molecule has 6 rings (SSSR count). The van der Waals surface area contributed by atoms with Crippen LogP contribution < -0.4 is 5.32 Å². The van der Waals surface area contributed by atoms with Crippen molar-refractivity contribution in [1.82, 2.24) is 14.3 Å². The summed E-state index contributed by atoms with van der Waals surface area (Å²) in [6.45, 7) is 4.20. The number of hydrogen-bond donors (Lipinski definition) is 1. The Hall–Kier alpha value is -2.08. The minimum atomic E-state index is -0.105. The Bertz CT molecular complexity index is 746. The second-order valence-electron chi connectivity index (χ2n) is 6.54. The zero-order valence-corrected chi connectivity index (χ0v) is 12.4. The lowest BCUT2D eigenvalue weighted by Gasteiger charge is -2.50. The van der Waals surface area contributed by atoms with Crippen molar-refractivity contribution in [2.45, 2.75) is 18.4 Å². The van der Waals surface area contributed by atoms with E-state index >= 15 is 0 Å². The van der Waals surface area contributed by atoms with Crippen LogP contribution in [0.25, 0.3) is 5.52 Å². The van der Waals surface area contributed by atoms with E-state index in [0.717, 1.165) is 24.4 Å². The number of ether oxygens (including phenoxy) is 1. The average Bonchev–Trinajstić information content (AvgIpc) is 3.17. The second-order valence-corrected chi connectivity index (χ2v) is 6.54. The molecule has 1 atom stereocenters. The number of piperidine rings is 3. The molecule has 0 saturated carbocycles. The molecular formula is C16H19N5O. The molecule has 0 aliphatic carbocycles. The number of fused-ring (bicyclic) bond motifs is 3. The van der Waals surface area contributed by atoms with Crippen molar-refractivity contribution in [2.24, 2.45) is 10.9 Å². The summed E-state index contributed by atoms with van der Waals surface area (Å²) in [4.78, 5) is 11.6. The summed E-state index contributed by atoms with van der Waals surface area (Å²) >= 11 is 0. The molecule has 3 fully saturated rings. The summed E-state index contributed by atoms with van der Waals surface area (Å²) in [5.41, 5.74) is 0.926. The van der Waals surface area contributed by atoms with Gasteiger partial charge in [0.15, 0.2) is 5.82 Å². The summed E-state index contributed by atoms with van der Waals surface area (Å²) in [5, 5.41) is 3.28. The molecule has 3 saturated heterocycles. The molecule has 1 spiro atoms. The topological polar surface area (TPSA) is 54.2 Å². The number of nitrogens with one attached hydrogen (secondary N) is 1. The predicted molar refractivity (Wildman–Crippen MR) is 84.1 cm³/mol. The number of nitrogens with zero attached hydrogens (tertiary/aromatic N) is 4. The SMILES string of the molecule is c1cc2c(NC3=NC[C@@]4(CN5CCC4CC5)O3)nccn2c1. The highest BCUT2D eigenvalue weighted by Gasteiger charge is 2.51. The van der Waals surface area contributed by atoms with Crippen molar-refractivity contribution in [3.8, 4) is 0 Å². The molecule has 4 aliphatic heterocycles. The fourth-order valence-electron chi connectivity index (χ4n) is 4.12. The largest absolute Gasteiger partial charge is 0.455 e. The van der Waals surface area contributed by atoms with Gasteiger partial charge in [0.2, 0.25) is 0 Å². The predicted octanol–water partition coefficient (Wildman–Crippen LogP) is 1.60. The van der Waals surface area contributed by atoms with Gasteiger partial charge in [-0.05, 0) is 38.1 Å². The Morgan fingerprint density at radius 1 is 1.27 bits per heavy atom. The van der Waals surface area contributed by atoms with Crippen LogP contribution in [0.3, 0.4) is 0 Å². The van der Waals surface area contributed by atoms with Gasteiger partial charge in [-0.3, -0.25) is 10.2 Å². The first kappa shape index (κ1) is 12.5. The molecule has 6 heterocycles. The van der Waals surface area contributed by atoms with Crippen LogP contribution in [0.15, 0.2) is 35.7 Å². The molecule has 0 unspecified atom stereocenters. The zero-order valence-electron chi connectivity index (χ0n) is 12.4. The zero-order chi connectivity index (χ0) is 14.6. The van der Waals surface area contributed by atoms with Crippen LogP contribution in [0.5, 0.6) is 0 Å². The van der Waals surface area contributed by atoms with E-state index < -0.39 is 0 Å². The molecule has 22 heavy (non-hydrogen) atoms. The third kappa shape index (κ3) is 1.76. The Kier molecular flexibility index (Phi) is 2.52. The number of hydrogen-bond acceptors (Lipinski definition) is 5. The van der Waals surface area contributed by atoms with Crippen LogP contribution in [0.1, 0.15) is 12.8 Å². The van der Waals surface area contributed by atoms with Gasteiger partial charge in [-0.1, -0.05) is 0 Å². The smallest absolute Gasteiger partial charge is 0.291 e. The van der Waals surface area contributed by atoms with E-state index in [-0.39, 0.29) is 5.60 Å². The van der Waals surface area contributed by atoms with E-state index in [0.29, 0.717) is 11.9 Å². The van der Waals surface area contributed by atoms with Gasteiger partial charge < -0.3 is 9.14 Å². The second kappa shape index (κ2) is 4.46. The van der Waals surface area contributed by atoms with Crippen LogP contribution >= 0.6 is 0 Å². The Morgan fingerprint density at radius 2 is 2.18 bits per heavy atom. The molecule has 0 radical (unpaired) electrons. The Labute approximate surface area is 128 Å². The Balaban J connectivity index is 1.39. The van der Waals surface area contributed by atoms with Gasteiger partial charge >= 0.3 is 0 Å². The van der Waals surface area contributed by atoms with Gasteiger partial charge in [0.1, 0.15) is 5.60 Å². The lowest BCUT2D eigenvalue weighted by atomic mass is 9.75. The fraction of sp³-hybridized carbons (Fsp3) is 0.500. The maximum atomic E-state index is 6.30. The number of aliphatic imine (C=N–C) groups is 1. The average molecular weight is 297 g/mol. The van der Waals surface area contributed by atoms with Crippen molar-refractivity contribution in [3.05, 3.63) is 30.7 Å². The van der Waals surface area contributed by atoms with E-state index in [1.165, 1.54) is 25.9 Å². The quantitative estimate of drug-likeness (QED) is 0.868. The summed E-state index contributed by atoms with van der Waals surface area (Å²) < 4.78 is 8.34. The van der Waals surface area contributed by atoms with Crippen LogP contribution in [-0.2, 0) is 4.74 Å². The molecule has 2 bridgehead atoms. The van der Waals surface area contributed by atoms with Crippen molar-refractivity contribution in [1.29, 1.82) is 0 Å². The summed E-state index contributed by atoms with van der Waals surface area (Å²) in [6.07, 6.45) is 8.20. The molecule has 2 aromatic heterocycles. The molecule has 6 heteroatoms. The van der Waals surface area contributed by atoms with Gasteiger partial charge in [0.05, 0.1) is 12.1 Å². The first-order chi connectivity index (χ1) is 10.8. The highest BCUT2D eigenvalue weighted by molar-refractivity contribution is 5.93. The van der Waals surface area contributed by atoms with E-state index in [2.05, 4.69) is 20.2 Å². The molecule has 1 N–H and O–H groups in total. The lowest BCUT2D eigenvalue weighted by Crippen LogP contribution is -2.61. The highest BCUT2D eigenvalue weighted by atomic mass is 16.5. The number of aromatic nitrogens is 2. The maximum Gasteiger partial charge on any atom is 0.291 e. The summed E-state index contributed by atoms with van der Waals surface area (Å²) in [7, 11) is 0. The minimum Gasteiger partial charge on any atom is -0.455 e. The standard InChI is InChI=1S/C16H19N5O/c1-2-13-14(17-5-9-21(13)6-1)19-15-18-10-16(22-15)11-20-7-3-12(16)4-8-20/h1-2,5-6,9,12H,3-4,7-8,10-11H2,(H,17,18,19)/t16-/m0/s1. The first-order valence-electron chi connectivity index (χ1n) is 7.97. The van der Waals surface area contributed by atoms with Crippen molar-refractivity contribution in [2.75, 3.05) is 31.5 Å². The molecule has 0 aromatic carbocycles. The van der Waals surface area contributed by atoms with Crippen LogP contribution in [0, 0.1) is 5.92 Å². The van der Waals surface area contributed by atoms with Crippen molar-refractivity contribution in [3.63, 3.8) is 0 Å². The van der Waals surface area contributed by atoms with E-state index in [1.54, 1.807) is 6.20 Å². The lowest BCUT2D eigenvalue weighted by molar-refractivity contribution is -0.0829. The third-order valence-corrected chi connectivity index (χ3v) is 5.29. The van der Waals surface area contributed by atoms with E-state index in [1.807, 2.05) is 28.9 Å². The Morgan fingerprint density at radius 3 is 3.00 bits per heavy atom. The molecule has 4 aliphatic rings. The van der Waals surface area contributed by atoms with Gasteiger partial charge in [-0.2, -0.15) is 0 Å². The van der Waals surface area contributed by atoms with E-state index in [9.17, 15) is 0 Å². The van der Waals surface area contributed by atoms with Crippen LogP contribution in [0.4, 0.5) is 5.82 Å². The van der Waals surface area contributed by atoms with Crippen molar-refractivity contribution < 1.29 is 4.74 Å². The van der Waals surface area contributed by atoms with E-state index in [4.69, 9.17) is 4.74 Å². The minimum absolute atomic E-state index is 0.105. The van der Waals surface area contributed by atoms with Crippen LogP contribution in [-0.4, -0.2) is 52.1 Å². The summed E-state index contributed by atoms with van der Waals surface area (Å²) in [6, 6.07) is 4.67. The van der Waals surface area contributed by atoms with Crippen molar-refractivity contribution >= 4 is 17.4 Å². The van der Waals surface area contributed by atoms with Gasteiger partial charge in [-0.25, -0.2) is 9.98 Å². The number of amidine groups is 1. The highest BCUT2D eigenvalue weighted by Crippen LogP contribution is 2.40. The van der Waals surface area contributed by atoms with Gasteiger partial charge in [0, 0.05) is 31.1 Å².